The van der Waals surface area contributed by atoms with Crippen molar-refractivity contribution < 1.29 is 18.7 Å². The number of benzene rings is 3. The number of aromatic nitrogens is 2. The summed E-state index contributed by atoms with van der Waals surface area (Å²) in [5.74, 6) is -0.346. The molecule has 3 aromatic carbocycles. The highest BCUT2D eigenvalue weighted by Crippen LogP contribution is 2.22. The number of H-pyrrole nitrogens is 1. The summed E-state index contributed by atoms with van der Waals surface area (Å²) in [5, 5.41) is 0. The van der Waals surface area contributed by atoms with Gasteiger partial charge >= 0.3 is 5.97 Å². The average Bonchev–Trinajstić information content (AvgIpc) is 3.31. The van der Waals surface area contributed by atoms with E-state index in [0.29, 0.717) is 31.7 Å². The van der Waals surface area contributed by atoms with Crippen molar-refractivity contribution in [1.82, 2.24) is 14.9 Å². The van der Waals surface area contributed by atoms with Crippen LogP contribution in [0.1, 0.15) is 15.9 Å². The largest absolute Gasteiger partial charge is 0.452 e. The van der Waals surface area contributed by atoms with Gasteiger partial charge in [-0.2, -0.15) is 0 Å². The Morgan fingerprint density at radius 2 is 1.69 bits per heavy atom. The third kappa shape index (κ3) is 5.01. The van der Waals surface area contributed by atoms with E-state index in [1.165, 1.54) is 17.7 Å². The monoisotopic (exact) mass is 472 g/mol. The molecule has 178 valence electrons. The first kappa shape index (κ1) is 22.6. The SMILES string of the molecule is Cc1ccc(-c2nc3ccc(C(=O)OCC(=O)N4CCN(c5ccc(F)cc5)CC4)cc3[nH]2)cc1. The molecule has 7 nitrogen and oxygen atoms in total. The number of fused-ring (bicyclic) bond motifs is 1. The highest BCUT2D eigenvalue weighted by Gasteiger charge is 2.22. The van der Waals surface area contributed by atoms with E-state index in [2.05, 4.69) is 14.9 Å². The molecule has 35 heavy (non-hydrogen) atoms. The van der Waals surface area contributed by atoms with Crippen molar-refractivity contribution >= 4 is 28.6 Å². The minimum absolute atomic E-state index is 0.235. The van der Waals surface area contributed by atoms with Crippen molar-refractivity contribution in [2.24, 2.45) is 0 Å². The fourth-order valence-electron chi connectivity index (χ4n) is 4.15. The highest BCUT2D eigenvalue weighted by molar-refractivity contribution is 5.95. The topological polar surface area (TPSA) is 78.5 Å². The van der Waals surface area contributed by atoms with Gasteiger partial charge in [0.05, 0.1) is 16.6 Å². The second-order valence-corrected chi connectivity index (χ2v) is 8.60. The van der Waals surface area contributed by atoms with Gasteiger partial charge in [-0.25, -0.2) is 14.2 Å². The molecule has 8 heteroatoms. The first-order chi connectivity index (χ1) is 17.0. The molecule has 0 unspecified atom stereocenters. The quantitative estimate of drug-likeness (QED) is 0.441. The number of hydrogen-bond donors (Lipinski definition) is 1. The van der Waals surface area contributed by atoms with Gasteiger partial charge in [0.15, 0.2) is 6.61 Å². The summed E-state index contributed by atoms with van der Waals surface area (Å²) in [6.45, 7) is 3.99. The van der Waals surface area contributed by atoms with Crippen LogP contribution in [-0.4, -0.2) is 59.5 Å². The minimum Gasteiger partial charge on any atom is -0.452 e. The molecule has 5 rings (SSSR count). The van der Waals surface area contributed by atoms with E-state index in [4.69, 9.17) is 4.74 Å². The molecule has 0 saturated carbocycles. The number of ether oxygens (including phenoxy) is 1. The highest BCUT2D eigenvalue weighted by atomic mass is 19.1. The molecule has 0 aliphatic carbocycles. The maximum Gasteiger partial charge on any atom is 0.338 e. The van der Waals surface area contributed by atoms with Gasteiger partial charge in [-0.05, 0) is 49.4 Å². The molecule has 1 aromatic heterocycles. The van der Waals surface area contributed by atoms with E-state index in [1.807, 2.05) is 31.2 Å². The summed E-state index contributed by atoms with van der Waals surface area (Å²) in [4.78, 5) is 36.8. The van der Waals surface area contributed by atoms with Crippen LogP contribution in [0.2, 0.25) is 0 Å². The number of piperazine rings is 1. The zero-order chi connectivity index (χ0) is 24.4. The number of nitrogens with one attached hydrogen (secondary N) is 1. The number of halogens is 1. The Labute approximate surface area is 202 Å². The standard InChI is InChI=1S/C27H25FN4O3/c1-18-2-4-19(5-3-18)26-29-23-11-6-20(16-24(23)30-26)27(34)35-17-25(33)32-14-12-31(13-15-32)22-9-7-21(28)8-10-22/h2-11,16H,12-15,17H2,1H3,(H,29,30). The molecule has 1 aliphatic rings. The van der Waals surface area contributed by atoms with Gasteiger partial charge in [0.1, 0.15) is 11.6 Å². The van der Waals surface area contributed by atoms with E-state index in [0.717, 1.165) is 28.1 Å². The second-order valence-electron chi connectivity index (χ2n) is 8.60. The number of carbonyl (C=O) groups is 2. The van der Waals surface area contributed by atoms with Crippen LogP contribution in [0, 0.1) is 12.7 Å². The van der Waals surface area contributed by atoms with Crippen LogP contribution in [0.5, 0.6) is 0 Å². The smallest absolute Gasteiger partial charge is 0.338 e. The number of anilines is 1. The number of aryl methyl sites for hydroxylation is 1. The molecule has 1 aliphatic heterocycles. The lowest BCUT2D eigenvalue weighted by Crippen LogP contribution is -2.49. The third-order valence-corrected chi connectivity index (χ3v) is 6.19. The van der Waals surface area contributed by atoms with Crippen LogP contribution >= 0.6 is 0 Å². The van der Waals surface area contributed by atoms with E-state index in [-0.39, 0.29) is 18.3 Å². The van der Waals surface area contributed by atoms with Crippen LogP contribution in [-0.2, 0) is 9.53 Å². The Hall–Kier alpha value is -4.20. The second kappa shape index (κ2) is 9.58. The zero-order valence-corrected chi connectivity index (χ0v) is 19.3. The molecular weight excluding hydrogens is 447 g/mol. The average molecular weight is 473 g/mol. The summed E-state index contributed by atoms with van der Waals surface area (Å²) < 4.78 is 18.4. The molecule has 0 atom stereocenters. The molecule has 2 heterocycles. The summed E-state index contributed by atoms with van der Waals surface area (Å²) in [6.07, 6.45) is 0. The van der Waals surface area contributed by atoms with E-state index in [1.54, 1.807) is 35.2 Å². The Kier molecular flexibility index (Phi) is 6.18. The Morgan fingerprint density at radius 1 is 0.971 bits per heavy atom. The summed E-state index contributed by atoms with van der Waals surface area (Å²) in [7, 11) is 0. The first-order valence-corrected chi connectivity index (χ1v) is 11.5. The number of carbonyl (C=O) groups excluding carboxylic acids is 2. The van der Waals surface area contributed by atoms with E-state index in [9.17, 15) is 14.0 Å². The molecule has 1 amide bonds. The molecule has 4 aromatic rings. The lowest BCUT2D eigenvalue weighted by molar-refractivity contribution is -0.134. The third-order valence-electron chi connectivity index (χ3n) is 6.19. The molecule has 1 fully saturated rings. The molecule has 1 N–H and O–H groups in total. The van der Waals surface area contributed by atoms with Crippen molar-refractivity contribution in [3.05, 3.63) is 83.7 Å². The first-order valence-electron chi connectivity index (χ1n) is 11.5. The lowest BCUT2D eigenvalue weighted by atomic mass is 10.1. The summed E-state index contributed by atoms with van der Waals surface area (Å²) in [6, 6.07) is 19.4. The van der Waals surface area contributed by atoms with Gasteiger partial charge in [-0.15, -0.1) is 0 Å². The zero-order valence-electron chi connectivity index (χ0n) is 19.3. The Balaban J connectivity index is 1.17. The lowest BCUT2D eigenvalue weighted by Gasteiger charge is -2.36. The molecule has 1 saturated heterocycles. The predicted molar refractivity (Wildman–Crippen MR) is 132 cm³/mol. The number of aromatic amines is 1. The fourth-order valence-corrected chi connectivity index (χ4v) is 4.15. The number of esters is 1. The number of hydrogen-bond acceptors (Lipinski definition) is 5. The van der Waals surface area contributed by atoms with Gasteiger partial charge < -0.3 is 19.5 Å². The molecule has 0 spiro atoms. The van der Waals surface area contributed by atoms with Crippen LogP contribution in [0.25, 0.3) is 22.4 Å². The van der Waals surface area contributed by atoms with Crippen molar-refractivity contribution in [2.75, 3.05) is 37.7 Å². The number of imidazole rings is 1. The van der Waals surface area contributed by atoms with E-state index < -0.39 is 5.97 Å². The van der Waals surface area contributed by atoms with Gasteiger partial charge in [-0.1, -0.05) is 29.8 Å². The van der Waals surface area contributed by atoms with Crippen LogP contribution < -0.4 is 4.90 Å². The summed E-state index contributed by atoms with van der Waals surface area (Å²) in [5.41, 5.74) is 4.86. The van der Waals surface area contributed by atoms with Gasteiger partial charge in [0.25, 0.3) is 5.91 Å². The predicted octanol–water partition coefficient (Wildman–Crippen LogP) is 4.18. The van der Waals surface area contributed by atoms with Crippen molar-refractivity contribution in [1.29, 1.82) is 0 Å². The van der Waals surface area contributed by atoms with Crippen LogP contribution in [0.3, 0.4) is 0 Å². The Morgan fingerprint density at radius 3 is 2.40 bits per heavy atom. The van der Waals surface area contributed by atoms with Gasteiger partial charge in [-0.3, -0.25) is 4.79 Å². The van der Waals surface area contributed by atoms with Gasteiger partial charge in [0, 0.05) is 37.4 Å². The molecule has 0 radical (unpaired) electrons. The molecule has 0 bridgehead atoms. The van der Waals surface area contributed by atoms with Crippen LogP contribution in [0.15, 0.2) is 66.7 Å². The number of nitrogens with zero attached hydrogens (tertiary/aromatic N) is 3. The van der Waals surface area contributed by atoms with Gasteiger partial charge in [0.2, 0.25) is 0 Å². The summed E-state index contributed by atoms with van der Waals surface area (Å²) >= 11 is 0. The fraction of sp³-hybridized carbons (Fsp3) is 0.222. The van der Waals surface area contributed by atoms with Crippen molar-refractivity contribution in [3.8, 4) is 11.4 Å². The van der Waals surface area contributed by atoms with Crippen LogP contribution in [0.4, 0.5) is 10.1 Å². The Bertz CT molecular complexity index is 1360. The van der Waals surface area contributed by atoms with Crippen molar-refractivity contribution in [2.45, 2.75) is 6.92 Å². The molecular formula is C27H25FN4O3. The maximum absolute atomic E-state index is 13.1. The van der Waals surface area contributed by atoms with E-state index >= 15 is 0 Å². The number of rotatable bonds is 5. The normalized spacial score (nSPS) is 13.8. The number of amides is 1. The maximum atomic E-state index is 13.1. The minimum atomic E-state index is -0.559. The van der Waals surface area contributed by atoms with Crippen molar-refractivity contribution in [3.63, 3.8) is 0 Å².